The third kappa shape index (κ3) is 6.07. The van der Waals surface area contributed by atoms with Crippen molar-refractivity contribution in [2.45, 2.75) is 45.3 Å². The van der Waals surface area contributed by atoms with Crippen molar-refractivity contribution in [3.8, 4) is 5.75 Å². The molecule has 1 saturated heterocycles. The van der Waals surface area contributed by atoms with Gasteiger partial charge >= 0.3 is 0 Å². The van der Waals surface area contributed by atoms with Crippen molar-refractivity contribution >= 4 is 23.4 Å². The summed E-state index contributed by atoms with van der Waals surface area (Å²) in [7, 11) is 1.60. The number of halogens is 2. The van der Waals surface area contributed by atoms with E-state index in [0.717, 1.165) is 49.1 Å². The first-order valence-electron chi connectivity index (χ1n) is 11.2. The number of ether oxygens (including phenoxy) is 1. The Labute approximate surface area is 199 Å². The van der Waals surface area contributed by atoms with Crippen LogP contribution in [-0.2, 0) is 19.5 Å². The second-order valence-corrected chi connectivity index (χ2v) is 8.23. The highest BCUT2D eigenvalue weighted by Gasteiger charge is 2.19. The van der Waals surface area contributed by atoms with Crippen molar-refractivity contribution in [2.24, 2.45) is 0 Å². The lowest BCUT2D eigenvalue weighted by atomic mass is 10.0. The number of nitrogens with zero attached hydrogens (tertiary/aromatic N) is 4. The molecule has 7 nitrogen and oxygen atoms in total. The lowest BCUT2D eigenvalue weighted by molar-refractivity contribution is 0.191. The molecule has 1 aliphatic heterocycles. The maximum Gasteiger partial charge on any atom is 0.251 e. The van der Waals surface area contributed by atoms with Crippen molar-refractivity contribution in [1.82, 2.24) is 24.8 Å². The van der Waals surface area contributed by atoms with Gasteiger partial charge in [0, 0.05) is 44.0 Å². The van der Waals surface area contributed by atoms with Gasteiger partial charge in [0.05, 0.1) is 30.0 Å². The predicted molar refractivity (Wildman–Crippen MR) is 130 cm³/mol. The van der Waals surface area contributed by atoms with Gasteiger partial charge in [0.2, 0.25) is 0 Å². The second kappa shape index (κ2) is 11.5. The summed E-state index contributed by atoms with van der Waals surface area (Å²) in [5.74, 6) is 0.418. The first kappa shape index (κ1) is 25.1. The van der Waals surface area contributed by atoms with Crippen LogP contribution >= 0.6 is 12.4 Å². The minimum atomic E-state index is -0.224. The summed E-state index contributed by atoms with van der Waals surface area (Å²) in [4.78, 5) is 23.4. The molecule has 0 saturated carbocycles. The molecule has 3 aromatic rings. The number of nitrogens with one attached hydrogen (secondary N) is 1. The summed E-state index contributed by atoms with van der Waals surface area (Å²) in [6.07, 6.45) is 6.06. The largest absolute Gasteiger partial charge is 0.495 e. The fraction of sp³-hybridized carbons (Fsp3) is 0.458. The zero-order chi connectivity index (χ0) is 22.5. The molecular weight excluding hydrogens is 445 g/mol. The van der Waals surface area contributed by atoms with Gasteiger partial charge in [-0.1, -0.05) is 6.92 Å². The molecule has 1 fully saturated rings. The lowest BCUT2D eigenvalue weighted by Crippen LogP contribution is -2.43. The van der Waals surface area contributed by atoms with Crippen LogP contribution in [-0.4, -0.2) is 52.2 Å². The molecular formula is C24H31ClFN5O2. The number of hydrogen-bond acceptors (Lipinski definition) is 6. The van der Waals surface area contributed by atoms with Gasteiger partial charge < -0.3 is 19.5 Å². The average molecular weight is 476 g/mol. The molecule has 0 aromatic carbocycles. The van der Waals surface area contributed by atoms with Gasteiger partial charge in [-0.2, -0.15) is 0 Å². The fourth-order valence-electron chi connectivity index (χ4n) is 4.22. The first-order valence-corrected chi connectivity index (χ1v) is 11.2. The average Bonchev–Trinajstić information content (AvgIpc) is 2.82. The SMILES string of the molecule is CCc1ncc(CNC2CCN(CCn3c(=O)ccc4ncc(OC)cc43)CC2)cc1F.Cl. The van der Waals surface area contributed by atoms with Crippen molar-refractivity contribution < 1.29 is 9.13 Å². The molecule has 9 heteroatoms. The highest BCUT2D eigenvalue weighted by Crippen LogP contribution is 2.17. The Morgan fingerprint density at radius 2 is 1.94 bits per heavy atom. The van der Waals surface area contributed by atoms with Gasteiger partial charge in [0.15, 0.2) is 0 Å². The Morgan fingerprint density at radius 1 is 1.15 bits per heavy atom. The smallest absolute Gasteiger partial charge is 0.251 e. The van der Waals surface area contributed by atoms with E-state index in [2.05, 4.69) is 20.2 Å². The Balaban J connectivity index is 0.00000306. The molecule has 3 aromatic heterocycles. The fourth-order valence-corrected chi connectivity index (χ4v) is 4.22. The van der Waals surface area contributed by atoms with Crippen LogP contribution < -0.4 is 15.6 Å². The predicted octanol–water partition coefficient (Wildman–Crippen LogP) is 3.18. The van der Waals surface area contributed by atoms with E-state index in [4.69, 9.17) is 4.74 Å². The third-order valence-electron chi connectivity index (χ3n) is 6.18. The molecule has 0 radical (unpaired) electrons. The van der Waals surface area contributed by atoms with Crippen LogP contribution in [0.5, 0.6) is 5.75 Å². The molecule has 0 bridgehead atoms. The van der Waals surface area contributed by atoms with E-state index in [1.54, 1.807) is 42.3 Å². The Kier molecular flexibility index (Phi) is 8.77. The third-order valence-corrected chi connectivity index (χ3v) is 6.18. The van der Waals surface area contributed by atoms with Crippen LogP contribution in [0, 0.1) is 5.82 Å². The summed E-state index contributed by atoms with van der Waals surface area (Å²) in [5, 5.41) is 3.53. The Hall–Kier alpha value is -2.55. The number of fused-ring (bicyclic) bond motifs is 1. The van der Waals surface area contributed by atoms with E-state index >= 15 is 0 Å². The maximum atomic E-state index is 13.9. The number of rotatable bonds is 8. The summed E-state index contributed by atoms with van der Waals surface area (Å²) < 4.78 is 21.0. The molecule has 33 heavy (non-hydrogen) atoms. The van der Waals surface area contributed by atoms with E-state index < -0.39 is 0 Å². The van der Waals surface area contributed by atoms with Gasteiger partial charge in [-0.3, -0.25) is 14.8 Å². The quantitative estimate of drug-likeness (QED) is 0.539. The molecule has 4 rings (SSSR count). The Bertz CT molecular complexity index is 1130. The van der Waals surface area contributed by atoms with Crippen molar-refractivity contribution in [2.75, 3.05) is 26.7 Å². The zero-order valence-corrected chi connectivity index (χ0v) is 19.9. The van der Waals surface area contributed by atoms with Gasteiger partial charge in [0.25, 0.3) is 5.56 Å². The zero-order valence-electron chi connectivity index (χ0n) is 19.1. The van der Waals surface area contributed by atoms with Crippen LogP contribution in [0.3, 0.4) is 0 Å². The van der Waals surface area contributed by atoms with Crippen molar-refractivity contribution in [3.05, 3.63) is 64.1 Å². The van der Waals surface area contributed by atoms with E-state index in [0.29, 0.717) is 37.0 Å². The molecule has 0 atom stereocenters. The number of likely N-dealkylation sites (tertiary alicyclic amines) is 1. The van der Waals surface area contributed by atoms with Gasteiger partial charge in [-0.15, -0.1) is 12.4 Å². The minimum absolute atomic E-state index is 0. The van der Waals surface area contributed by atoms with E-state index in [1.807, 2.05) is 13.0 Å². The summed E-state index contributed by atoms with van der Waals surface area (Å²) in [5.41, 5.74) is 2.94. The maximum absolute atomic E-state index is 13.9. The molecule has 0 amide bonds. The number of hydrogen-bond donors (Lipinski definition) is 1. The second-order valence-electron chi connectivity index (χ2n) is 8.23. The minimum Gasteiger partial charge on any atom is -0.495 e. The highest BCUT2D eigenvalue weighted by molar-refractivity contribution is 5.85. The van der Waals surface area contributed by atoms with Crippen LogP contribution in [0.1, 0.15) is 31.0 Å². The number of pyridine rings is 3. The van der Waals surface area contributed by atoms with E-state index in [9.17, 15) is 9.18 Å². The molecule has 1 N–H and O–H groups in total. The molecule has 178 valence electrons. The Morgan fingerprint density at radius 3 is 2.64 bits per heavy atom. The normalized spacial score (nSPS) is 14.9. The summed E-state index contributed by atoms with van der Waals surface area (Å²) in [6, 6.07) is 7.17. The number of aryl methyl sites for hydroxylation is 1. The summed E-state index contributed by atoms with van der Waals surface area (Å²) >= 11 is 0. The molecule has 4 heterocycles. The molecule has 1 aliphatic rings. The molecule has 0 spiro atoms. The van der Waals surface area contributed by atoms with Gasteiger partial charge in [-0.05, 0) is 50.0 Å². The number of methoxy groups -OCH3 is 1. The lowest BCUT2D eigenvalue weighted by Gasteiger charge is -2.32. The topological polar surface area (TPSA) is 72.3 Å². The van der Waals surface area contributed by atoms with Gasteiger partial charge in [0.1, 0.15) is 11.6 Å². The van der Waals surface area contributed by atoms with Crippen LogP contribution in [0.4, 0.5) is 4.39 Å². The van der Waals surface area contributed by atoms with Crippen LogP contribution in [0.15, 0.2) is 41.5 Å². The van der Waals surface area contributed by atoms with Crippen molar-refractivity contribution in [1.29, 1.82) is 0 Å². The number of piperidine rings is 1. The molecule has 0 aliphatic carbocycles. The van der Waals surface area contributed by atoms with E-state index in [-0.39, 0.29) is 23.8 Å². The van der Waals surface area contributed by atoms with Gasteiger partial charge in [-0.25, -0.2) is 4.39 Å². The molecule has 0 unspecified atom stereocenters. The standard InChI is InChI=1S/C24H30FN5O2.ClH/c1-3-21-20(25)12-17(15-27-21)14-26-18-6-8-29(9-7-18)10-11-30-23-13-19(32-2)16-28-22(23)4-5-24(30)31;/h4-5,12-13,15-16,18,26H,3,6-11,14H2,1-2H3;1H. The first-order chi connectivity index (χ1) is 15.6. The van der Waals surface area contributed by atoms with E-state index in [1.165, 1.54) is 0 Å². The van der Waals surface area contributed by atoms with Crippen molar-refractivity contribution in [3.63, 3.8) is 0 Å². The highest BCUT2D eigenvalue weighted by atomic mass is 35.5. The monoisotopic (exact) mass is 475 g/mol. The number of aromatic nitrogens is 3. The van der Waals surface area contributed by atoms with Crippen LogP contribution in [0.2, 0.25) is 0 Å². The van der Waals surface area contributed by atoms with Crippen LogP contribution in [0.25, 0.3) is 11.0 Å². The summed E-state index contributed by atoms with van der Waals surface area (Å²) in [6.45, 7) is 5.86.